The fourth-order valence-electron chi connectivity index (χ4n) is 3.49. The van der Waals surface area contributed by atoms with Crippen LogP contribution in [0.2, 0.25) is 0 Å². The molecule has 0 spiro atoms. The van der Waals surface area contributed by atoms with Crippen LogP contribution in [0.25, 0.3) is 0 Å². The third-order valence-corrected chi connectivity index (χ3v) is 5.12. The number of benzene rings is 2. The molecule has 1 aliphatic heterocycles. The van der Waals surface area contributed by atoms with Crippen molar-refractivity contribution >= 4 is 17.4 Å². The van der Waals surface area contributed by atoms with Gasteiger partial charge in [0.1, 0.15) is 17.2 Å². The average molecular weight is 415 g/mol. The van der Waals surface area contributed by atoms with Crippen LogP contribution in [0.4, 0.5) is 16.2 Å². The van der Waals surface area contributed by atoms with Crippen LogP contribution in [0.1, 0.15) is 0 Å². The number of amides is 2. The molecule has 0 aromatic heterocycles. The maximum Gasteiger partial charge on any atom is 0.319 e. The van der Waals surface area contributed by atoms with Crippen LogP contribution in [0, 0.1) is 0 Å². The molecule has 2 amide bonds. The first-order valence-electron chi connectivity index (χ1n) is 10.0. The summed E-state index contributed by atoms with van der Waals surface area (Å²) < 4.78 is 15.9. The monoisotopic (exact) mass is 414 g/mol. The van der Waals surface area contributed by atoms with Crippen molar-refractivity contribution in [1.29, 1.82) is 0 Å². The van der Waals surface area contributed by atoms with Crippen molar-refractivity contribution in [1.82, 2.24) is 10.2 Å². The Morgan fingerprint density at radius 3 is 2.23 bits per heavy atom. The SMILES string of the molecule is COc1cc(NC(=O)NCCN2CCN(c3ccccc3OC)CC2)cc(OC)c1. The zero-order chi connectivity index (χ0) is 21.3. The highest BCUT2D eigenvalue weighted by Crippen LogP contribution is 2.28. The number of carbonyl (C=O) groups is 1. The molecule has 0 saturated carbocycles. The normalized spacial score (nSPS) is 14.2. The summed E-state index contributed by atoms with van der Waals surface area (Å²) in [4.78, 5) is 16.9. The van der Waals surface area contributed by atoms with Crippen molar-refractivity contribution in [3.05, 3.63) is 42.5 Å². The maximum atomic E-state index is 12.2. The van der Waals surface area contributed by atoms with Gasteiger partial charge >= 0.3 is 6.03 Å². The molecule has 1 heterocycles. The lowest BCUT2D eigenvalue weighted by Gasteiger charge is -2.36. The topological polar surface area (TPSA) is 75.3 Å². The Morgan fingerprint density at radius 2 is 1.60 bits per heavy atom. The molecule has 8 nitrogen and oxygen atoms in total. The molecule has 1 saturated heterocycles. The van der Waals surface area contributed by atoms with Crippen LogP contribution in [0.5, 0.6) is 17.2 Å². The minimum absolute atomic E-state index is 0.252. The molecule has 2 N–H and O–H groups in total. The third-order valence-electron chi connectivity index (χ3n) is 5.12. The van der Waals surface area contributed by atoms with Crippen molar-refractivity contribution in [2.75, 3.05) is 70.8 Å². The lowest BCUT2D eigenvalue weighted by molar-refractivity contribution is 0.240. The number of nitrogens with zero attached hydrogens (tertiary/aromatic N) is 2. The standard InChI is InChI=1S/C22H30N4O4/c1-28-18-14-17(15-19(16-18)29-2)24-22(27)23-8-9-25-10-12-26(13-11-25)20-6-4-5-7-21(20)30-3/h4-7,14-16H,8-13H2,1-3H3,(H2,23,24,27). The van der Waals surface area contributed by atoms with E-state index in [9.17, 15) is 4.79 Å². The molecule has 0 atom stereocenters. The zero-order valence-corrected chi connectivity index (χ0v) is 17.8. The minimum Gasteiger partial charge on any atom is -0.497 e. The van der Waals surface area contributed by atoms with Gasteiger partial charge in [0.15, 0.2) is 0 Å². The summed E-state index contributed by atoms with van der Waals surface area (Å²) in [5.74, 6) is 2.15. The van der Waals surface area contributed by atoms with Crippen LogP contribution >= 0.6 is 0 Å². The summed E-state index contributed by atoms with van der Waals surface area (Å²) in [5, 5.41) is 5.73. The van der Waals surface area contributed by atoms with Gasteiger partial charge in [0.2, 0.25) is 0 Å². The Labute approximate surface area is 177 Å². The molecule has 1 fully saturated rings. The van der Waals surface area contributed by atoms with E-state index in [-0.39, 0.29) is 6.03 Å². The van der Waals surface area contributed by atoms with Gasteiger partial charge in [0.25, 0.3) is 0 Å². The second kappa shape index (κ2) is 10.6. The van der Waals surface area contributed by atoms with Crippen LogP contribution in [-0.2, 0) is 0 Å². The van der Waals surface area contributed by atoms with Gasteiger partial charge in [0.05, 0.1) is 27.0 Å². The highest BCUT2D eigenvalue weighted by atomic mass is 16.5. The van der Waals surface area contributed by atoms with Crippen LogP contribution < -0.4 is 29.7 Å². The number of hydrogen-bond donors (Lipinski definition) is 2. The van der Waals surface area contributed by atoms with Crippen molar-refractivity contribution in [2.45, 2.75) is 0 Å². The lowest BCUT2D eigenvalue weighted by atomic mass is 10.2. The fraction of sp³-hybridized carbons (Fsp3) is 0.409. The van der Waals surface area contributed by atoms with E-state index < -0.39 is 0 Å². The van der Waals surface area contributed by atoms with E-state index in [1.54, 1.807) is 39.5 Å². The number of ether oxygens (including phenoxy) is 3. The number of hydrogen-bond acceptors (Lipinski definition) is 6. The molecule has 0 aliphatic carbocycles. The van der Waals surface area contributed by atoms with E-state index >= 15 is 0 Å². The summed E-state index contributed by atoms with van der Waals surface area (Å²) in [6.45, 7) is 5.10. The van der Waals surface area contributed by atoms with Gasteiger partial charge in [-0.15, -0.1) is 0 Å². The second-order valence-corrected chi connectivity index (χ2v) is 6.98. The number of methoxy groups -OCH3 is 3. The highest BCUT2D eigenvalue weighted by molar-refractivity contribution is 5.89. The van der Waals surface area contributed by atoms with E-state index in [1.807, 2.05) is 18.2 Å². The minimum atomic E-state index is -0.252. The first-order valence-corrected chi connectivity index (χ1v) is 10.0. The Bertz CT molecular complexity index is 815. The maximum absolute atomic E-state index is 12.2. The smallest absolute Gasteiger partial charge is 0.319 e. The van der Waals surface area contributed by atoms with Crippen molar-refractivity contribution in [3.63, 3.8) is 0 Å². The third kappa shape index (κ3) is 5.70. The highest BCUT2D eigenvalue weighted by Gasteiger charge is 2.19. The molecule has 0 unspecified atom stereocenters. The van der Waals surface area contributed by atoms with Crippen molar-refractivity contribution in [2.24, 2.45) is 0 Å². The predicted octanol–water partition coefficient (Wildman–Crippen LogP) is 2.66. The summed E-state index contributed by atoms with van der Waals surface area (Å²) in [6.07, 6.45) is 0. The van der Waals surface area contributed by atoms with Gasteiger partial charge in [0, 0.05) is 63.2 Å². The first-order chi connectivity index (χ1) is 14.6. The molecule has 0 bridgehead atoms. The fourth-order valence-corrected chi connectivity index (χ4v) is 3.49. The Morgan fingerprint density at radius 1 is 0.933 bits per heavy atom. The molecule has 162 valence electrons. The molecule has 8 heteroatoms. The largest absolute Gasteiger partial charge is 0.497 e. The van der Waals surface area contributed by atoms with Gasteiger partial charge in [-0.05, 0) is 12.1 Å². The summed E-state index contributed by atoms with van der Waals surface area (Å²) in [5.41, 5.74) is 1.75. The lowest BCUT2D eigenvalue weighted by Crippen LogP contribution is -2.48. The van der Waals surface area contributed by atoms with Gasteiger partial charge in [-0.25, -0.2) is 4.79 Å². The summed E-state index contributed by atoms with van der Waals surface area (Å²) in [6, 6.07) is 13.1. The number of urea groups is 1. The Kier molecular flexibility index (Phi) is 7.62. The molecular weight excluding hydrogens is 384 g/mol. The Balaban J connectivity index is 1.41. The van der Waals surface area contributed by atoms with E-state index in [0.29, 0.717) is 23.7 Å². The molecular formula is C22H30N4O4. The van der Waals surface area contributed by atoms with E-state index in [0.717, 1.165) is 44.2 Å². The van der Waals surface area contributed by atoms with E-state index in [2.05, 4.69) is 26.5 Å². The van der Waals surface area contributed by atoms with Gasteiger partial charge in [-0.1, -0.05) is 12.1 Å². The molecule has 0 radical (unpaired) electrons. The molecule has 30 heavy (non-hydrogen) atoms. The number of para-hydroxylation sites is 2. The van der Waals surface area contributed by atoms with Crippen molar-refractivity contribution < 1.29 is 19.0 Å². The number of nitrogens with one attached hydrogen (secondary N) is 2. The van der Waals surface area contributed by atoms with Crippen LogP contribution in [-0.4, -0.2) is 71.5 Å². The summed E-state index contributed by atoms with van der Waals surface area (Å²) in [7, 11) is 4.85. The number of carbonyl (C=O) groups excluding carboxylic acids is 1. The summed E-state index contributed by atoms with van der Waals surface area (Å²) >= 11 is 0. The number of anilines is 2. The van der Waals surface area contributed by atoms with Crippen LogP contribution in [0.15, 0.2) is 42.5 Å². The zero-order valence-electron chi connectivity index (χ0n) is 17.8. The predicted molar refractivity (Wildman–Crippen MR) is 118 cm³/mol. The van der Waals surface area contributed by atoms with E-state index in [1.165, 1.54) is 0 Å². The van der Waals surface area contributed by atoms with Gasteiger partial charge in [-0.2, -0.15) is 0 Å². The molecule has 2 aromatic carbocycles. The number of piperazine rings is 1. The van der Waals surface area contributed by atoms with Crippen LogP contribution in [0.3, 0.4) is 0 Å². The molecule has 1 aliphatic rings. The van der Waals surface area contributed by atoms with E-state index in [4.69, 9.17) is 14.2 Å². The second-order valence-electron chi connectivity index (χ2n) is 6.98. The van der Waals surface area contributed by atoms with Crippen molar-refractivity contribution in [3.8, 4) is 17.2 Å². The Hall–Kier alpha value is -3.13. The number of rotatable bonds is 8. The van der Waals surface area contributed by atoms with Gasteiger partial charge < -0.3 is 29.7 Å². The molecule has 3 rings (SSSR count). The van der Waals surface area contributed by atoms with Gasteiger partial charge in [-0.3, -0.25) is 4.90 Å². The molecule has 2 aromatic rings. The average Bonchev–Trinajstić information content (AvgIpc) is 2.79. The quantitative estimate of drug-likeness (QED) is 0.692. The first kappa shape index (κ1) is 21.6.